The second-order valence-corrected chi connectivity index (χ2v) is 5.66. The third-order valence-corrected chi connectivity index (χ3v) is 4.07. The summed E-state index contributed by atoms with van der Waals surface area (Å²) in [4.78, 5) is 15.7. The number of fused-ring (bicyclic) bond motifs is 1. The molecule has 0 amide bonds. The predicted molar refractivity (Wildman–Crippen MR) is 78.5 cm³/mol. The molecule has 0 bridgehead atoms. The lowest BCUT2D eigenvalue weighted by Crippen LogP contribution is -2.12. The molecule has 2 aromatic heterocycles. The molecule has 1 aliphatic rings. The van der Waals surface area contributed by atoms with Gasteiger partial charge >= 0.3 is 12.1 Å². The van der Waals surface area contributed by atoms with Gasteiger partial charge in [0.25, 0.3) is 0 Å². The lowest BCUT2D eigenvalue weighted by molar-refractivity contribution is -0.142. The molecule has 0 aliphatic heterocycles. The van der Waals surface area contributed by atoms with Gasteiger partial charge in [-0.3, -0.25) is 9.67 Å². The lowest BCUT2D eigenvalue weighted by atomic mass is 9.95. The van der Waals surface area contributed by atoms with Crippen LogP contribution in [0.4, 0.5) is 13.2 Å². The van der Waals surface area contributed by atoms with Crippen LogP contribution in [-0.2, 0) is 30.3 Å². The molecule has 1 aliphatic carbocycles. The topological polar surface area (TPSA) is 57.0 Å². The summed E-state index contributed by atoms with van der Waals surface area (Å²) >= 11 is 0. The Morgan fingerprint density at radius 3 is 2.79 bits per heavy atom. The summed E-state index contributed by atoms with van der Waals surface area (Å²) in [5, 5.41) is 3.79. The van der Waals surface area contributed by atoms with Crippen molar-refractivity contribution in [1.29, 1.82) is 0 Å². The molecule has 0 aromatic carbocycles. The average Bonchev–Trinajstić information content (AvgIpc) is 2.93. The van der Waals surface area contributed by atoms with Gasteiger partial charge in [-0.15, -0.1) is 0 Å². The van der Waals surface area contributed by atoms with E-state index in [1.165, 1.54) is 30.1 Å². The number of methoxy groups -OCH3 is 1. The molecule has 0 saturated carbocycles. The number of carbonyl (C=O) groups excluding carboxylic acids is 1. The zero-order chi connectivity index (χ0) is 17.3. The number of aromatic nitrogens is 3. The van der Waals surface area contributed by atoms with Crippen molar-refractivity contribution in [2.75, 3.05) is 7.11 Å². The summed E-state index contributed by atoms with van der Waals surface area (Å²) in [6, 6.07) is 3.00. The summed E-state index contributed by atoms with van der Waals surface area (Å²) < 4.78 is 45.6. The Balaban J connectivity index is 1.96. The molecule has 0 radical (unpaired) electrons. The third-order valence-electron chi connectivity index (χ3n) is 4.07. The number of nitrogens with zero attached hydrogens (tertiary/aromatic N) is 3. The Kier molecular flexibility index (Phi) is 4.29. The maximum absolute atomic E-state index is 13.2. The Bertz CT molecular complexity index is 768. The molecule has 8 heteroatoms. The monoisotopic (exact) mass is 339 g/mol. The van der Waals surface area contributed by atoms with Crippen molar-refractivity contribution in [3.05, 3.63) is 46.5 Å². The van der Waals surface area contributed by atoms with Gasteiger partial charge in [0.1, 0.15) is 0 Å². The van der Waals surface area contributed by atoms with Gasteiger partial charge in [0.2, 0.25) is 0 Å². The highest BCUT2D eigenvalue weighted by atomic mass is 19.4. The maximum Gasteiger partial charge on any atom is 0.435 e. The van der Waals surface area contributed by atoms with Crippen molar-refractivity contribution in [2.45, 2.75) is 38.4 Å². The van der Waals surface area contributed by atoms with E-state index in [1.807, 2.05) is 0 Å². The van der Waals surface area contributed by atoms with Crippen molar-refractivity contribution in [3.63, 3.8) is 0 Å². The average molecular weight is 339 g/mol. The normalized spacial score (nSPS) is 14.3. The van der Waals surface area contributed by atoms with E-state index in [0.717, 1.165) is 12.8 Å². The maximum atomic E-state index is 13.2. The van der Waals surface area contributed by atoms with E-state index in [2.05, 4.69) is 14.8 Å². The summed E-state index contributed by atoms with van der Waals surface area (Å²) in [6.07, 6.45) is -0.505. The van der Waals surface area contributed by atoms with Crippen LogP contribution in [0.15, 0.2) is 18.3 Å². The van der Waals surface area contributed by atoms with E-state index in [1.54, 1.807) is 0 Å². The van der Waals surface area contributed by atoms with Gasteiger partial charge in [0.05, 0.1) is 24.9 Å². The number of rotatable bonds is 3. The zero-order valence-electron chi connectivity index (χ0n) is 13.1. The van der Waals surface area contributed by atoms with E-state index in [0.29, 0.717) is 29.8 Å². The quantitative estimate of drug-likeness (QED) is 0.807. The van der Waals surface area contributed by atoms with Crippen LogP contribution in [0.3, 0.4) is 0 Å². The number of ether oxygens (including phenoxy) is 1. The van der Waals surface area contributed by atoms with Crippen LogP contribution in [0.5, 0.6) is 0 Å². The largest absolute Gasteiger partial charge is 0.465 e. The van der Waals surface area contributed by atoms with Crippen LogP contribution in [0.1, 0.15) is 45.8 Å². The molecule has 2 aromatic rings. The predicted octanol–water partition coefficient (Wildman–Crippen LogP) is 3.01. The molecule has 0 atom stereocenters. The molecule has 24 heavy (non-hydrogen) atoms. The van der Waals surface area contributed by atoms with Gasteiger partial charge in [-0.05, 0) is 37.8 Å². The first kappa shape index (κ1) is 16.5. The SMILES string of the molecule is COC(=O)c1ccnc(Cn2nc(C(F)(F)F)c3c2CCCC3)c1. The zero-order valence-corrected chi connectivity index (χ0v) is 13.1. The van der Waals surface area contributed by atoms with Crippen LogP contribution in [0.2, 0.25) is 0 Å². The molecule has 0 unspecified atom stereocenters. The Hall–Kier alpha value is -2.38. The van der Waals surface area contributed by atoms with Gasteiger partial charge in [-0.25, -0.2) is 4.79 Å². The number of pyridine rings is 1. The Morgan fingerprint density at radius 1 is 1.33 bits per heavy atom. The molecule has 0 saturated heterocycles. The highest BCUT2D eigenvalue weighted by Crippen LogP contribution is 2.35. The fourth-order valence-corrected chi connectivity index (χ4v) is 2.99. The Labute approximate surface area is 136 Å². The van der Waals surface area contributed by atoms with Crippen molar-refractivity contribution in [2.24, 2.45) is 0 Å². The van der Waals surface area contributed by atoms with E-state index in [-0.39, 0.29) is 12.1 Å². The molecule has 128 valence electrons. The third kappa shape index (κ3) is 3.13. The van der Waals surface area contributed by atoms with Crippen molar-refractivity contribution >= 4 is 5.97 Å². The number of alkyl halides is 3. The van der Waals surface area contributed by atoms with Crippen molar-refractivity contribution in [3.8, 4) is 0 Å². The second kappa shape index (κ2) is 6.26. The van der Waals surface area contributed by atoms with Crippen molar-refractivity contribution < 1.29 is 22.7 Å². The van der Waals surface area contributed by atoms with Crippen molar-refractivity contribution in [1.82, 2.24) is 14.8 Å². The molecule has 5 nitrogen and oxygen atoms in total. The van der Waals surface area contributed by atoms with Crippen LogP contribution in [0.25, 0.3) is 0 Å². The minimum atomic E-state index is -4.46. The molecule has 2 heterocycles. The molecule has 0 spiro atoms. The second-order valence-electron chi connectivity index (χ2n) is 5.66. The molecular weight excluding hydrogens is 323 g/mol. The first-order valence-corrected chi connectivity index (χ1v) is 7.59. The fourth-order valence-electron chi connectivity index (χ4n) is 2.99. The summed E-state index contributed by atoms with van der Waals surface area (Å²) in [5.74, 6) is -0.517. The van der Waals surface area contributed by atoms with Gasteiger partial charge in [-0.2, -0.15) is 18.3 Å². The standard InChI is InChI=1S/C16H16F3N3O2/c1-24-15(23)10-6-7-20-11(8-10)9-22-13-5-3-2-4-12(13)14(21-22)16(17,18)19/h6-8H,2-5,9H2,1H3. The minimum Gasteiger partial charge on any atom is -0.465 e. The fraction of sp³-hybridized carbons (Fsp3) is 0.438. The van der Waals surface area contributed by atoms with E-state index >= 15 is 0 Å². The van der Waals surface area contributed by atoms with E-state index < -0.39 is 17.8 Å². The van der Waals surface area contributed by atoms with Gasteiger partial charge < -0.3 is 4.74 Å². The van der Waals surface area contributed by atoms with E-state index in [4.69, 9.17) is 0 Å². The van der Waals surface area contributed by atoms with Gasteiger partial charge in [0, 0.05) is 17.5 Å². The molecule has 0 fully saturated rings. The summed E-state index contributed by atoms with van der Waals surface area (Å²) in [7, 11) is 1.27. The molecular formula is C16H16F3N3O2. The highest BCUT2D eigenvalue weighted by molar-refractivity contribution is 5.89. The Morgan fingerprint density at radius 2 is 2.08 bits per heavy atom. The highest BCUT2D eigenvalue weighted by Gasteiger charge is 2.39. The van der Waals surface area contributed by atoms with Crippen LogP contribution >= 0.6 is 0 Å². The summed E-state index contributed by atoms with van der Waals surface area (Å²) in [5.41, 5.74) is 0.861. The number of hydrogen-bond acceptors (Lipinski definition) is 4. The molecule has 0 N–H and O–H groups in total. The number of carbonyl (C=O) groups is 1. The number of esters is 1. The van der Waals surface area contributed by atoms with Crippen LogP contribution < -0.4 is 0 Å². The smallest absolute Gasteiger partial charge is 0.435 e. The van der Waals surface area contributed by atoms with Crippen LogP contribution in [0, 0.1) is 0 Å². The number of hydrogen-bond donors (Lipinski definition) is 0. The lowest BCUT2D eigenvalue weighted by Gasteiger charge is -2.14. The number of halogens is 3. The molecule has 3 rings (SSSR count). The van der Waals surface area contributed by atoms with E-state index in [9.17, 15) is 18.0 Å². The summed E-state index contributed by atoms with van der Waals surface area (Å²) in [6.45, 7) is 0.0866. The first-order valence-electron chi connectivity index (χ1n) is 7.59. The minimum absolute atomic E-state index is 0.0866. The first-order chi connectivity index (χ1) is 11.4. The van der Waals surface area contributed by atoms with Gasteiger partial charge in [-0.1, -0.05) is 0 Å². The van der Waals surface area contributed by atoms with Crippen LogP contribution in [-0.4, -0.2) is 27.8 Å². The van der Waals surface area contributed by atoms with Gasteiger partial charge in [0.15, 0.2) is 5.69 Å².